The number of nitrogen functional groups attached to an aromatic ring is 1. The molecule has 1 aliphatic rings. The van der Waals surface area contributed by atoms with Crippen molar-refractivity contribution in [2.75, 3.05) is 5.73 Å². The summed E-state index contributed by atoms with van der Waals surface area (Å²) in [5, 5.41) is 8.91. The molecule has 0 amide bonds. The van der Waals surface area contributed by atoms with Crippen molar-refractivity contribution in [3.63, 3.8) is 0 Å². The molecule has 2 rings (SSSR count). The lowest BCUT2D eigenvalue weighted by atomic mass is 9.97. The quantitative estimate of drug-likeness (QED) is 0.634. The summed E-state index contributed by atoms with van der Waals surface area (Å²) in [4.78, 5) is 0. The first kappa shape index (κ1) is 7.17. The fourth-order valence-corrected chi connectivity index (χ4v) is 1.43. The largest absolute Gasteiger partial charge is 0.399 e. The molecule has 2 heteroatoms. The number of benzene rings is 1. The summed E-state index contributed by atoms with van der Waals surface area (Å²) in [7, 11) is 0. The van der Waals surface area contributed by atoms with E-state index in [0.717, 1.165) is 24.1 Å². The Bertz CT molecular complexity index is 345. The van der Waals surface area contributed by atoms with E-state index in [1.165, 1.54) is 0 Å². The van der Waals surface area contributed by atoms with Crippen molar-refractivity contribution in [2.24, 2.45) is 0 Å². The van der Waals surface area contributed by atoms with Crippen LogP contribution in [0.2, 0.25) is 0 Å². The Morgan fingerprint density at radius 2 is 2.17 bits per heavy atom. The minimum absolute atomic E-state index is 0.199. The summed E-state index contributed by atoms with van der Waals surface area (Å²) in [6.07, 6.45) is 1.96. The molecule has 60 valence electrons. The third-order valence-electron chi connectivity index (χ3n) is 2.40. The maximum absolute atomic E-state index is 8.91. The average Bonchev–Trinajstić information content (AvgIpc) is 2.84. The van der Waals surface area contributed by atoms with Gasteiger partial charge in [-0.05, 0) is 30.5 Å². The van der Waals surface area contributed by atoms with E-state index in [-0.39, 0.29) is 5.41 Å². The van der Waals surface area contributed by atoms with Crippen molar-refractivity contribution in [3.8, 4) is 6.07 Å². The molecule has 1 fully saturated rings. The third kappa shape index (κ3) is 0.947. The summed E-state index contributed by atoms with van der Waals surface area (Å²) in [5.41, 5.74) is 7.25. The van der Waals surface area contributed by atoms with Crippen LogP contribution in [0, 0.1) is 11.3 Å². The molecule has 1 aliphatic carbocycles. The van der Waals surface area contributed by atoms with Crippen molar-refractivity contribution in [2.45, 2.75) is 18.3 Å². The highest BCUT2D eigenvalue weighted by Crippen LogP contribution is 2.47. The first-order valence-electron chi connectivity index (χ1n) is 4.04. The Morgan fingerprint density at radius 1 is 1.42 bits per heavy atom. The number of rotatable bonds is 1. The number of anilines is 1. The molecule has 0 atom stereocenters. The smallest absolute Gasteiger partial charge is 0.0824 e. The predicted molar refractivity (Wildman–Crippen MR) is 47.4 cm³/mol. The standard InChI is InChI=1S/C10H10N2/c11-7-10(4-5-10)8-2-1-3-9(12)6-8/h1-3,6H,4-5,12H2. The predicted octanol–water partition coefficient (Wildman–Crippen LogP) is 1.82. The summed E-state index contributed by atoms with van der Waals surface area (Å²) in [6.45, 7) is 0. The third-order valence-corrected chi connectivity index (χ3v) is 2.40. The van der Waals surface area contributed by atoms with Crippen molar-refractivity contribution < 1.29 is 0 Å². The van der Waals surface area contributed by atoms with E-state index in [2.05, 4.69) is 6.07 Å². The van der Waals surface area contributed by atoms with Gasteiger partial charge in [0.05, 0.1) is 11.5 Å². The average molecular weight is 158 g/mol. The lowest BCUT2D eigenvalue weighted by Crippen LogP contribution is -2.02. The molecule has 0 heterocycles. The Labute approximate surface area is 71.6 Å². The molecule has 0 spiro atoms. The first-order valence-corrected chi connectivity index (χ1v) is 4.04. The molecular weight excluding hydrogens is 148 g/mol. The number of nitriles is 1. The number of nitrogens with zero attached hydrogens (tertiary/aromatic N) is 1. The van der Waals surface area contributed by atoms with Crippen LogP contribution < -0.4 is 5.73 Å². The van der Waals surface area contributed by atoms with Crippen LogP contribution in [0.3, 0.4) is 0 Å². The highest BCUT2D eigenvalue weighted by atomic mass is 14.6. The second kappa shape index (κ2) is 2.25. The zero-order valence-electron chi connectivity index (χ0n) is 6.75. The molecule has 2 N–H and O–H groups in total. The van der Waals surface area contributed by atoms with Gasteiger partial charge in [0.25, 0.3) is 0 Å². The van der Waals surface area contributed by atoms with Gasteiger partial charge in [-0.25, -0.2) is 0 Å². The topological polar surface area (TPSA) is 49.8 Å². The Balaban J connectivity index is 2.42. The van der Waals surface area contributed by atoms with Gasteiger partial charge in [0.15, 0.2) is 0 Å². The summed E-state index contributed by atoms with van der Waals surface area (Å²) in [5.74, 6) is 0. The lowest BCUT2D eigenvalue weighted by Gasteiger charge is -2.05. The second-order valence-electron chi connectivity index (χ2n) is 3.32. The van der Waals surface area contributed by atoms with Crippen LogP contribution in [0.15, 0.2) is 24.3 Å². The fourth-order valence-electron chi connectivity index (χ4n) is 1.43. The fraction of sp³-hybridized carbons (Fsp3) is 0.300. The molecule has 12 heavy (non-hydrogen) atoms. The van der Waals surface area contributed by atoms with E-state index in [1.807, 2.05) is 24.3 Å². The van der Waals surface area contributed by atoms with Crippen LogP contribution in [0.4, 0.5) is 5.69 Å². The van der Waals surface area contributed by atoms with E-state index >= 15 is 0 Å². The number of hydrogen-bond acceptors (Lipinski definition) is 2. The van der Waals surface area contributed by atoms with Crippen molar-refractivity contribution in [1.29, 1.82) is 5.26 Å². The lowest BCUT2D eigenvalue weighted by molar-refractivity contribution is 0.909. The van der Waals surface area contributed by atoms with Gasteiger partial charge in [-0.15, -0.1) is 0 Å². The maximum atomic E-state index is 8.91. The zero-order chi connectivity index (χ0) is 8.60. The van der Waals surface area contributed by atoms with E-state index in [4.69, 9.17) is 11.0 Å². The SMILES string of the molecule is N#CC1(c2cccc(N)c2)CC1. The van der Waals surface area contributed by atoms with E-state index in [1.54, 1.807) is 0 Å². The molecule has 0 unspecified atom stereocenters. The molecule has 0 aromatic heterocycles. The van der Waals surface area contributed by atoms with Crippen LogP contribution in [0.5, 0.6) is 0 Å². The summed E-state index contributed by atoms with van der Waals surface area (Å²) in [6, 6.07) is 9.97. The molecule has 0 radical (unpaired) electrons. The van der Waals surface area contributed by atoms with Crippen LogP contribution in [-0.2, 0) is 5.41 Å². The van der Waals surface area contributed by atoms with Gasteiger partial charge < -0.3 is 5.73 Å². The molecule has 1 aromatic carbocycles. The maximum Gasteiger partial charge on any atom is 0.0824 e. The first-order chi connectivity index (χ1) is 5.77. The van der Waals surface area contributed by atoms with E-state index in [0.29, 0.717) is 0 Å². The molecule has 2 nitrogen and oxygen atoms in total. The number of hydrogen-bond donors (Lipinski definition) is 1. The highest BCUT2D eigenvalue weighted by Gasteiger charge is 2.44. The van der Waals surface area contributed by atoms with E-state index in [9.17, 15) is 0 Å². The molecule has 0 aliphatic heterocycles. The molecule has 0 bridgehead atoms. The van der Waals surface area contributed by atoms with Crippen LogP contribution in [0.1, 0.15) is 18.4 Å². The zero-order valence-corrected chi connectivity index (χ0v) is 6.75. The normalized spacial score (nSPS) is 18.2. The van der Waals surface area contributed by atoms with Gasteiger partial charge in [-0.2, -0.15) is 5.26 Å². The summed E-state index contributed by atoms with van der Waals surface area (Å²) >= 11 is 0. The van der Waals surface area contributed by atoms with Gasteiger partial charge in [-0.1, -0.05) is 12.1 Å². The van der Waals surface area contributed by atoms with Gasteiger partial charge in [0.2, 0.25) is 0 Å². The molecule has 1 aromatic rings. The van der Waals surface area contributed by atoms with Crippen molar-refractivity contribution in [3.05, 3.63) is 29.8 Å². The van der Waals surface area contributed by atoms with Gasteiger partial charge >= 0.3 is 0 Å². The minimum Gasteiger partial charge on any atom is -0.399 e. The van der Waals surface area contributed by atoms with Crippen molar-refractivity contribution >= 4 is 5.69 Å². The molecule has 1 saturated carbocycles. The number of nitrogens with two attached hydrogens (primary N) is 1. The Hall–Kier alpha value is -1.49. The van der Waals surface area contributed by atoms with Gasteiger partial charge in [0, 0.05) is 5.69 Å². The van der Waals surface area contributed by atoms with Crippen LogP contribution in [-0.4, -0.2) is 0 Å². The Morgan fingerprint density at radius 3 is 2.67 bits per heavy atom. The highest BCUT2D eigenvalue weighted by molar-refractivity contribution is 5.48. The second-order valence-corrected chi connectivity index (χ2v) is 3.32. The molecular formula is C10H10N2. The minimum atomic E-state index is -0.199. The van der Waals surface area contributed by atoms with Crippen molar-refractivity contribution in [1.82, 2.24) is 0 Å². The van der Waals surface area contributed by atoms with Gasteiger partial charge in [0.1, 0.15) is 0 Å². The monoisotopic (exact) mass is 158 g/mol. The molecule has 0 saturated heterocycles. The summed E-state index contributed by atoms with van der Waals surface area (Å²) < 4.78 is 0. The van der Waals surface area contributed by atoms with Crippen LogP contribution >= 0.6 is 0 Å². The van der Waals surface area contributed by atoms with Gasteiger partial charge in [-0.3, -0.25) is 0 Å². The Kier molecular flexibility index (Phi) is 1.34. The van der Waals surface area contributed by atoms with Crippen LogP contribution in [0.25, 0.3) is 0 Å². The van der Waals surface area contributed by atoms with E-state index < -0.39 is 0 Å².